The van der Waals surface area contributed by atoms with Gasteiger partial charge >= 0.3 is 0 Å². The van der Waals surface area contributed by atoms with E-state index in [1.54, 1.807) is 9.58 Å². The van der Waals surface area contributed by atoms with E-state index in [1.165, 1.54) is 11.8 Å². The first-order valence-electron chi connectivity index (χ1n) is 7.61. The van der Waals surface area contributed by atoms with E-state index < -0.39 is 0 Å². The number of amides is 1. The van der Waals surface area contributed by atoms with Crippen molar-refractivity contribution in [2.75, 3.05) is 10.7 Å². The number of aryl methyl sites for hydroxylation is 1. The first kappa shape index (κ1) is 16.2. The second-order valence-electron chi connectivity index (χ2n) is 4.97. The minimum absolute atomic E-state index is 0.0250. The first-order chi connectivity index (χ1) is 11.8. The van der Waals surface area contributed by atoms with Gasteiger partial charge in [-0.1, -0.05) is 48.2 Å². The van der Waals surface area contributed by atoms with Gasteiger partial charge in [-0.2, -0.15) is 0 Å². The lowest BCUT2D eigenvalue weighted by Crippen LogP contribution is -2.27. The SMILES string of the molecule is CCn1nnnc1SCC(=O)N(c1ccccc1)c1ccccc1. The molecule has 0 atom stereocenters. The van der Waals surface area contributed by atoms with Crippen molar-refractivity contribution in [2.45, 2.75) is 18.6 Å². The molecule has 6 nitrogen and oxygen atoms in total. The summed E-state index contributed by atoms with van der Waals surface area (Å²) < 4.78 is 1.67. The number of rotatable bonds is 6. The maximum atomic E-state index is 12.9. The lowest BCUT2D eigenvalue weighted by Gasteiger charge is -2.22. The average molecular weight is 339 g/mol. The molecule has 1 heterocycles. The topological polar surface area (TPSA) is 63.9 Å². The van der Waals surface area contributed by atoms with E-state index in [2.05, 4.69) is 15.5 Å². The van der Waals surface area contributed by atoms with E-state index in [1.807, 2.05) is 67.6 Å². The van der Waals surface area contributed by atoms with Gasteiger partial charge in [0.25, 0.3) is 0 Å². The Bertz CT molecular complexity index is 752. The molecule has 0 aliphatic carbocycles. The summed E-state index contributed by atoms with van der Waals surface area (Å²) in [6.07, 6.45) is 0. The fraction of sp³-hybridized carbons (Fsp3) is 0.176. The molecule has 0 N–H and O–H groups in total. The molecule has 3 aromatic rings. The molecule has 0 saturated carbocycles. The zero-order valence-electron chi connectivity index (χ0n) is 13.2. The first-order valence-corrected chi connectivity index (χ1v) is 8.60. The summed E-state index contributed by atoms with van der Waals surface area (Å²) >= 11 is 1.34. The monoisotopic (exact) mass is 339 g/mol. The van der Waals surface area contributed by atoms with Gasteiger partial charge in [0.15, 0.2) is 0 Å². The molecular formula is C17H17N5OS. The van der Waals surface area contributed by atoms with Crippen molar-refractivity contribution in [3.8, 4) is 0 Å². The summed E-state index contributed by atoms with van der Waals surface area (Å²) in [6, 6.07) is 19.2. The van der Waals surface area contributed by atoms with Crippen LogP contribution >= 0.6 is 11.8 Å². The van der Waals surface area contributed by atoms with Crippen LogP contribution in [0.3, 0.4) is 0 Å². The van der Waals surface area contributed by atoms with Gasteiger partial charge in [-0.15, -0.1) is 5.10 Å². The molecule has 0 aliphatic rings. The standard InChI is InChI=1S/C17H17N5OS/c1-2-21-17(18-19-20-21)24-13-16(23)22(14-9-5-3-6-10-14)15-11-7-4-8-12-15/h3-12H,2,13H2,1H3. The predicted octanol–water partition coefficient (Wildman–Crippen LogP) is 3.15. The van der Waals surface area contributed by atoms with Gasteiger partial charge in [0.05, 0.1) is 5.75 Å². The van der Waals surface area contributed by atoms with Crippen LogP contribution in [0.5, 0.6) is 0 Å². The highest BCUT2D eigenvalue weighted by Gasteiger charge is 2.19. The number of carbonyl (C=O) groups excluding carboxylic acids is 1. The van der Waals surface area contributed by atoms with Gasteiger partial charge in [-0.3, -0.25) is 9.69 Å². The fourth-order valence-corrected chi connectivity index (χ4v) is 3.07. The molecule has 24 heavy (non-hydrogen) atoms. The fourth-order valence-electron chi connectivity index (χ4n) is 2.28. The highest BCUT2D eigenvalue weighted by molar-refractivity contribution is 7.99. The predicted molar refractivity (Wildman–Crippen MR) is 94.2 cm³/mol. The van der Waals surface area contributed by atoms with Crippen molar-refractivity contribution in [2.24, 2.45) is 0 Å². The summed E-state index contributed by atoms with van der Waals surface area (Å²) in [5.74, 6) is 0.229. The molecule has 0 bridgehead atoms. The molecule has 7 heteroatoms. The normalized spacial score (nSPS) is 10.5. The Labute approximate surface area is 144 Å². The largest absolute Gasteiger partial charge is 0.280 e. The van der Waals surface area contributed by atoms with Gasteiger partial charge in [0, 0.05) is 17.9 Å². The highest BCUT2D eigenvalue weighted by atomic mass is 32.2. The van der Waals surface area contributed by atoms with Crippen LogP contribution in [0.2, 0.25) is 0 Å². The second kappa shape index (κ2) is 7.74. The number of tetrazole rings is 1. The van der Waals surface area contributed by atoms with E-state index in [0.29, 0.717) is 11.7 Å². The quantitative estimate of drug-likeness (QED) is 0.646. The Morgan fingerprint density at radius 1 is 1.04 bits per heavy atom. The Morgan fingerprint density at radius 2 is 1.62 bits per heavy atom. The second-order valence-corrected chi connectivity index (χ2v) is 5.91. The highest BCUT2D eigenvalue weighted by Crippen LogP contribution is 2.26. The maximum Gasteiger partial charge on any atom is 0.242 e. The number of hydrogen-bond acceptors (Lipinski definition) is 5. The Balaban J connectivity index is 1.82. The molecule has 0 radical (unpaired) electrons. The molecule has 0 unspecified atom stereocenters. The molecule has 0 aliphatic heterocycles. The molecule has 0 fully saturated rings. The number of thioether (sulfide) groups is 1. The van der Waals surface area contributed by atoms with E-state index in [4.69, 9.17) is 0 Å². The molecule has 0 spiro atoms. The number of hydrogen-bond donors (Lipinski definition) is 0. The minimum Gasteiger partial charge on any atom is -0.280 e. The number of carbonyl (C=O) groups is 1. The molecule has 122 valence electrons. The number of anilines is 2. The van der Waals surface area contributed by atoms with Crippen LogP contribution < -0.4 is 4.90 Å². The summed E-state index contributed by atoms with van der Waals surface area (Å²) in [5, 5.41) is 12.1. The summed E-state index contributed by atoms with van der Waals surface area (Å²) in [4.78, 5) is 14.6. The summed E-state index contributed by atoms with van der Waals surface area (Å²) in [6.45, 7) is 2.63. The maximum absolute atomic E-state index is 12.9. The van der Waals surface area contributed by atoms with Crippen LogP contribution in [0.4, 0.5) is 11.4 Å². The van der Waals surface area contributed by atoms with Crippen molar-refractivity contribution < 1.29 is 4.79 Å². The van der Waals surface area contributed by atoms with Crippen LogP contribution in [0.25, 0.3) is 0 Å². The Hall–Kier alpha value is -2.67. The molecule has 1 aromatic heterocycles. The van der Waals surface area contributed by atoms with E-state index in [-0.39, 0.29) is 11.7 Å². The average Bonchev–Trinajstić information content (AvgIpc) is 3.09. The lowest BCUT2D eigenvalue weighted by atomic mass is 10.2. The third kappa shape index (κ3) is 3.62. The van der Waals surface area contributed by atoms with E-state index in [0.717, 1.165) is 11.4 Å². The van der Waals surface area contributed by atoms with Crippen LogP contribution in [-0.4, -0.2) is 31.9 Å². The summed E-state index contributed by atoms with van der Waals surface area (Å²) in [5.41, 5.74) is 1.67. The number of benzene rings is 2. The van der Waals surface area contributed by atoms with Crippen molar-refractivity contribution in [1.29, 1.82) is 0 Å². The number of para-hydroxylation sites is 2. The lowest BCUT2D eigenvalue weighted by molar-refractivity contribution is -0.115. The molecule has 0 saturated heterocycles. The van der Waals surface area contributed by atoms with Crippen molar-refractivity contribution in [3.05, 3.63) is 60.7 Å². The molecule has 3 rings (SSSR count). The van der Waals surface area contributed by atoms with Gasteiger partial charge in [0.2, 0.25) is 11.1 Å². The number of nitrogens with zero attached hydrogens (tertiary/aromatic N) is 5. The Kier molecular flexibility index (Phi) is 5.22. The van der Waals surface area contributed by atoms with Crippen molar-refractivity contribution >= 4 is 29.0 Å². The van der Waals surface area contributed by atoms with Gasteiger partial charge < -0.3 is 0 Å². The van der Waals surface area contributed by atoms with Crippen molar-refractivity contribution in [3.63, 3.8) is 0 Å². The van der Waals surface area contributed by atoms with E-state index >= 15 is 0 Å². The molecule has 1 amide bonds. The van der Waals surface area contributed by atoms with Gasteiger partial charge in [-0.05, 0) is 41.6 Å². The van der Waals surface area contributed by atoms with Crippen LogP contribution in [0, 0.1) is 0 Å². The van der Waals surface area contributed by atoms with Gasteiger partial charge in [0.1, 0.15) is 0 Å². The third-order valence-corrected chi connectivity index (χ3v) is 4.34. The van der Waals surface area contributed by atoms with Crippen molar-refractivity contribution in [1.82, 2.24) is 20.2 Å². The molecule has 2 aromatic carbocycles. The van der Waals surface area contributed by atoms with Crippen LogP contribution in [0.1, 0.15) is 6.92 Å². The zero-order chi connectivity index (χ0) is 16.8. The minimum atomic E-state index is -0.0250. The smallest absolute Gasteiger partial charge is 0.242 e. The van der Waals surface area contributed by atoms with Crippen LogP contribution in [-0.2, 0) is 11.3 Å². The third-order valence-electron chi connectivity index (χ3n) is 3.40. The molecular weight excluding hydrogens is 322 g/mol. The zero-order valence-corrected chi connectivity index (χ0v) is 14.1. The van der Waals surface area contributed by atoms with Gasteiger partial charge in [-0.25, -0.2) is 4.68 Å². The van der Waals surface area contributed by atoms with E-state index in [9.17, 15) is 4.79 Å². The Morgan fingerprint density at radius 3 is 2.17 bits per heavy atom. The van der Waals surface area contributed by atoms with Crippen LogP contribution in [0.15, 0.2) is 65.8 Å². The summed E-state index contributed by atoms with van der Waals surface area (Å²) in [7, 11) is 0. The number of aromatic nitrogens is 4.